The van der Waals surface area contributed by atoms with Gasteiger partial charge in [0, 0.05) is 15.8 Å². The predicted octanol–water partition coefficient (Wildman–Crippen LogP) is 5.92. The van der Waals surface area contributed by atoms with Gasteiger partial charge in [-0.1, -0.05) is 18.2 Å². The molecule has 0 aliphatic carbocycles. The number of alkyl halides is 6. The molecule has 0 saturated heterocycles. The Labute approximate surface area is 227 Å². The normalized spacial score (nSPS) is 12.6. The third-order valence-electron chi connectivity index (χ3n) is 5.13. The fourth-order valence-corrected chi connectivity index (χ4v) is 4.18. The van der Waals surface area contributed by atoms with Gasteiger partial charge < -0.3 is 20.7 Å². The van der Waals surface area contributed by atoms with Crippen LogP contribution < -0.4 is 16.0 Å². The molecule has 208 valence electrons. The maximum atomic E-state index is 13.1. The predicted molar refractivity (Wildman–Crippen MR) is 135 cm³/mol. The van der Waals surface area contributed by atoms with E-state index >= 15 is 0 Å². The lowest BCUT2D eigenvalue weighted by molar-refractivity contribution is -0.253. The maximum absolute atomic E-state index is 13.1. The highest BCUT2D eigenvalue weighted by Gasteiger charge is 2.57. The summed E-state index contributed by atoms with van der Waals surface area (Å²) >= 11 is 1.84. The van der Waals surface area contributed by atoms with Crippen LogP contribution in [0.25, 0.3) is 0 Å². The summed E-state index contributed by atoms with van der Waals surface area (Å²) in [4.78, 5) is 37.4. The quantitative estimate of drug-likeness (QED) is 0.242. The molecule has 7 nitrogen and oxygen atoms in total. The number of carbonyl (C=O) groups is 3. The van der Waals surface area contributed by atoms with Crippen LogP contribution in [-0.2, 0) is 4.74 Å². The number of amides is 3. The van der Waals surface area contributed by atoms with Crippen molar-refractivity contribution in [1.82, 2.24) is 10.6 Å². The van der Waals surface area contributed by atoms with E-state index < -0.39 is 47.8 Å². The first-order valence-corrected chi connectivity index (χ1v) is 12.2. The fraction of sp³-hybridized carbons (Fsp3) is 0.375. The zero-order chi connectivity index (χ0) is 28.8. The molecule has 2 rings (SSSR count). The summed E-state index contributed by atoms with van der Waals surface area (Å²) in [6.07, 6.45) is -11.8. The van der Waals surface area contributed by atoms with Crippen molar-refractivity contribution in [2.45, 2.75) is 45.1 Å². The van der Waals surface area contributed by atoms with E-state index in [4.69, 9.17) is 4.74 Å². The Kier molecular flexibility index (Phi) is 10.4. The molecule has 0 radical (unpaired) electrons. The zero-order valence-electron chi connectivity index (χ0n) is 20.3. The summed E-state index contributed by atoms with van der Waals surface area (Å²) in [5, 5.41) is 7.48. The van der Waals surface area contributed by atoms with Gasteiger partial charge in [-0.3, -0.25) is 9.59 Å². The lowest BCUT2D eigenvalue weighted by Crippen LogP contribution is -2.39. The van der Waals surface area contributed by atoms with Crippen LogP contribution in [-0.4, -0.2) is 49.5 Å². The number of benzene rings is 2. The van der Waals surface area contributed by atoms with Crippen molar-refractivity contribution < 1.29 is 45.5 Å². The molecule has 0 heterocycles. The second-order valence-electron chi connectivity index (χ2n) is 8.21. The van der Waals surface area contributed by atoms with Crippen molar-refractivity contribution in [3.05, 3.63) is 62.2 Å². The molecule has 14 heteroatoms. The number of ether oxygens (including phenoxy) is 1. The van der Waals surface area contributed by atoms with Gasteiger partial charge in [-0.05, 0) is 72.7 Å². The molecule has 0 aromatic heterocycles. The number of hydrogen-bond donors (Lipinski definition) is 3. The topological polar surface area (TPSA) is 96.5 Å². The van der Waals surface area contributed by atoms with Crippen molar-refractivity contribution in [2.24, 2.45) is 0 Å². The molecule has 3 N–H and O–H groups in total. The fourth-order valence-electron chi connectivity index (χ4n) is 3.44. The summed E-state index contributed by atoms with van der Waals surface area (Å²) in [6, 6.07) is 6.09. The highest BCUT2D eigenvalue weighted by atomic mass is 127. The minimum Gasteiger partial charge on any atom is -0.447 e. The molecule has 0 saturated carbocycles. The Morgan fingerprint density at radius 3 is 2.18 bits per heavy atom. The summed E-state index contributed by atoms with van der Waals surface area (Å²) in [5.74, 6) is -5.14. The van der Waals surface area contributed by atoms with Crippen LogP contribution in [0.1, 0.15) is 51.6 Å². The average Bonchev–Trinajstić information content (AvgIpc) is 2.77. The largest absolute Gasteiger partial charge is 0.447 e. The Bertz CT molecular complexity index is 1170. The van der Waals surface area contributed by atoms with Crippen LogP contribution in [0.15, 0.2) is 36.4 Å². The van der Waals surface area contributed by atoms with Gasteiger partial charge in [0.1, 0.15) is 6.61 Å². The van der Waals surface area contributed by atoms with Crippen LogP contribution in [0, 0.1) is 10.5 Å². The van der Waals surface area contributed by atoms with Gasteiger partial charge in [0.25, 0.3) is 11.8 Å². The zero-order valence-corrected chi connectivity index (χ0v) is 22.5. The summed E-state index contributed by atoms with van der Waals surface area (Å²) in [6.45, 7) is 4.74. The Morgan fingerprint density at radius 2 is 1.63 bits per heavy atom. The first kappa shape index (κ1) is 31.2. The van der Waals surface area contributed by atoms with Crippen LogP contribution >= 0.6 is 22.6 Å². The minimum absolute atomic E-state index is 0.0149. The molecule has 0 aliphatic heterocycles. The Balaban J connectivity index is 2.26. The van der Waals surface area contributed by atoms with Crippen molar-refractivity contribution in [2.75, 3.05) is 18.5 Å². The second kappa shape index (κ2) is 12.7. The van der Waals surface area contributed by atoms with E-state index in [1.165, 1.54) is 19.1 Å². The minimum atomic E-state index is -5.56. The van der Waals surface area contributed by atoms with E-state index in [0.717, 1.165) is 6.07 Å². The first-order valence-electron chi connectivity index (χ1n) is 11.1. The number of aryl methyl sites for hydroxylation is 1. The SMILES string of the molecule is CCNC(=O)OCC(C)NC(=O)c1c(I)cccc1C(=O)Nc1ccc(C(C(F)(F)F)C(F)(F)F)cc1C. The Morgan fingerprint density at radius 1 is 1.00 bits per heavy atom. The number of carbonyl (C=O) groups excluding carboxylic acids is 3. The lowest BCUT2D eigenvalue weighted by Gasteiger charge is -2.24. The average molecular weight is 659 g/mol. The van der Waals surface area contributed by atoms with Crippen molar-refractivity contribution >= 4 is 46.2 Å². The molecule has 2 aromatic carbocycles. The van der Waals surface area contributed by atoms with E-state index in [2.05, 4.69) is 16.0 Å². The maximum Gasteiger partial charge on any atom is 0.407 e. The van der Waals surface area contributed by atoms with Gasteiger partial charge in [-0.15, -0.1) is 0 Å². The van der Waals surface area contributed by atoms with Gasteiger partial charge in [-0.2, -0.15) is 26.3 Å². The molecule has 0 fully saturated rings. The molecule has 38 heavy (non-hydrogen) atoms. The number of alkyl carbamates (subject to hydrolysis) is 1. The highest BCUT2D eigenvalue weighted by Crippen LogP contribution is 2.46. The lowest BCUT2D eigenvalue weighted by atomic mass is 9.95. The highest BCUT2D eigenvalue weighted by molar-refractivity contribution is 14.1. The molecule has 3 amide bonds. The Hall–Kier alpha value is -3.04. The molecule has 2 aromatic rings. The van der Waals surface area contributed by atoms with E-state index in [1.807, 2.05) is 22.6 Å². The van der Waals surface area contributed by atoms with Gasteiger partial charge >= 0.3 is 18.4 Å². The number of hydrogen-bond acceptors (Lipinski definition) is 4. The molecular weight excluding hydrogens is 635 g/mol. The van der Waals surface area contributed by atoms with Crippen LogP contribution in [0.5, 0.6) is 0 Å². The molecule has 1 atom stereocenters. The number of nitrogens with one attached hydrogen (secondary N) is 3. The smallest absolute Gasteiger partial charge is 0.407 e. The molecule has 0 bridgehead atoms. The van der Waals surface area contributed by atoms with E-state index in [-0.39, 0.29) is 29.0 Å². The molecule has 1 unspecified atom stereocenters. The number of halogens is 7. The molecular formula is C24H24F6IN3O4. The summed E-state index contributed by atoms with van der Waals surface area (Å²) in [5.41, 5.74) is -1.19. The van der Waals surface area contributed by atoms with Crippen molar-refractivity contribution in [1.29, 1.82) is 0 Å². The molecule has 0 aliphatic rings. The van der Waals surface area contributed by atoms with E-state index in [9.17, 15) is 40.7 Å². The van der Waals surface area contributed by atoms with Gasteiger partial charge in [0.05, 0.1) is 17.2 Å². The van der Waals surface area contributed by atoms with Crippen molar-refractivity contribution in [3.63, 3.8) is 0 Å². The monoisotopic (exact) mass is 659 g/mol. The number of anilines is 1. The van der Waals surface area contributed by atoms with Crippen molar-refractivity contribution in [3.8, 4) is 0 Å². The van der Waals surface area contributed by atoms with E-state index in [0.29, 0.717) is 22.2 Å². The summed E-state index contributed by atoms with van der Waals surface area (Å²) < 4.78 is 83.8. The van der Waals surface area contributed by atoms with Crippen LogP contribution in [0.4, 0.5) is 36.8 Å². The molecule has 0 spiro atoms. The standard InChI is InChI=1S/C24H24F6IN3O4/c1-4-32-22(37)38-11-13(3)33-21(36)18-15(6-5-7-16(18)31)20(35)34-17-9-8-14(10-12(17)2)19(23(25,26)27)24(28,29)30/h5-10,13,19H,4,11H2,1-3H3,(H,32,37)(H,33,36)(H,34,35). The van der Waals surface area contributed by atoms with Gasteiger partial charge in [0.15, 0.2) is 5.92 Å². The third-order valence-corrected chi connectivity index (χ3v) is 6.03. The second-order valence-corrected chi connectivity index (χ2v) is 9.37. The third kappa shape index (κ3) is 8.23. The van der Waals surface area contributed by atoms with Crippen LogP contribution in [0.2, 0.25) is 0 Å². The van der Waals surface area contributed by atoms with Gasteiger partial charge in [-0.25, -0.2) is 4.79 Å². The summed E-state index contributed by atoms with van der Waals surface area (Å²) in [7, 11) is 0. The van der Waals surface area contributed by atoms with E-state index in [1.54, 1.807) is 19.9 Å². The van der Waals surface area contributed by atoms with Gasteiger partial charge in [0.2, 0.25) is 0 Å². The first-order chi connectivity index (χ1) is 17.6. The number of rotatable bonds is 8. The van der Waals surface area contributed by atoms with Crippen LogP contribution in [0.3, 0.4) is 0 Å².